The largest absolute Gasteiger partial charge is 0.396 e. The Kier molecular flexibility index (Phi) is 4.59. The second-order valence-electron chi connectivity index (χ2n) is 3.53. The highest BCUT2D eigenvalue weighted by atomic mass is 16.3. The molecule has 0 aliphatic carbocycles. The van der Waals surface area contributed by atoms with Gasteiger partial charge in [0.15, 0.2) is 0 Å². The molecule has 0 amide bonds. The third kappa shape index (κ3) is 4.64. The van der Waals surface area contributed by atoms with Crippen LogP contribution in [0, 0.1) is 0 Å². The summed E-state index contributed by atoms with van der Waals surface area (Å²) < 4.78 is 22.1. The third-order valence-electron chi connectivity index (χ3n) is 2.29. The maximum atomic E-state index is 9.12. The molecule has 3 nitrogen and oxygen atoms in total. The molecule has 3 heteroatoms. The fraction of sp³-hybridized carbons (Fsp3) is 0.538. The fourth-order valence-corrected chi connectivity index (χ4v) is 1.45. The lowest BCUT2D eigenvalue weighted by Crippen LogP contribution is -2.05. The number of rotatable bonds is 8. The molecule has 0 spiro atoms. The SMILES string of the molecule is [2H]C(CCCO)Nc1ccccc1CCC([2H])([2H])O. The van der Waals surface area contributed by atoms with Crippen molar-refractivity contribution in [2.75, 3.05) is 25.0 Å². The predicted octanol–water partition coefficient (Wildman–Crippen LogP) is 1.80. The molecule has 16 heavy (non-hydrogen) atoms. The second-order valence-corrected chi connectivity index (χ2v) is 3.53. The first kappa shape index (κ1) is 9.02. The standard InChI is InChI=1S/C13H21NO2/c15-10-4-3-9-14-13-8-2-1-6-12(13)7-5-11-16/h1-2,6,8,14-16H,3-5,7,9-11H2/i9D,11D2. The van der Waals surface area contributed by atoms with Crippen molar-refractivity contribution in [1.82, 2.24) is 0 Å². The van der Waals surface area contributed by atoms with Crippen molar-refractivity contribution in [3.63, 3.8) is 0 Å². The molecule has 3 N–H and O–H groups in total. The average Bonchev–Trinajstić information content (AvgIpc) is 2.34. The summed E-state index contributed by atoms with van der Waals surface area (Å²) in [4.78, 5) is 0. The normalized spacial score (nSPS) is 16.0. The van der Waals surface area contributed by atoms with Gasteiger partial charge in [0.2, 0.25) is 0 Å². The van der Waals surface area contributed by atoms with Crippen molar-refractivity contribution < 1.29 is 14.3 Å². The van der Waals surface area contributed by atoms with Crippen LogP contribution in [0.1, 0.15) is 28.9 Å². The lowest BCUT2D eigenvalue weighted by molar-refractivity contribution is 0.286. The van der Waals surface area contributed by atoms with E-state index >= 15 is 0 Å². The van der Waals surface area contributed by atoms with Crippen molar-refractivity contribution in [3.8, 4) is 0 Å². The summed E-state index contributed by atoms with van der Waals surface area (Å²) in [5.41, 5.74) is 1.66. The number of benzene rings is 1. The van der Waals surface area contributed by atoms with Gasteiger partial charge in [-0.2, -0.15) is 0 Å². The first-order chi connectivity index (χ1) is 8.92. The van der Waals surface area contributed by atoms with E-state index in [2.05, 4.69) is 5.32 Å². The van der Waals surface area contributed by atoms with Crippen LogP contribution in [0.25, 0.3) is 0 Å². The molecule has 1 rings (SSSR count). The second kappa shape index (κ2) is 8.13. The van der Waals surface area contributed by atoms with Gasteiger partial charge in [-0.1, -0.05) is 18.2 Å². The minimum Gasteiger partial charge on any atom is -0.396 e. The molecule has 90 valence electrons. The maximum Gasteiger partial charge on any atom is 0.0564 e. The zero-order valence-corrected chi connectivity index (χ0v) is 9.32. The number of aryl methyl sites for hydroxylation is 1. The maximum absolute atomic E-state index is 9.12. The van der Waals surface area contributed by atoms with Gasteiger partial charge in [0.05, 0.1) is 2.74 Å². The lowest BCUT2D eigenvalue weighted by atomic mass is 10.1. The van der Waals surface area contributed by atoms with E-state index in [1.54, 1.807) is 0 Å². The van der Waals surface area contributed by atoms with Gasteiger partial charge in [-0.05, 0) is 37.3 Å². The summed E-state index contributed by atoms with van der Waals surface area (Å²) >= 11 is 0. The fourth-order valence-electron chi connectivity index (χ4n) is 1.45. The van der Waals surface area contributed by atoms with Gasteiger partial charge >= 0.3 is 0 Å². The Morgan fingerprint density at radius 2 is 1.94 bits per heavy atom. The van der Waals surface area contributed by atoms with Crippen molar-refractivity contribution in [2.45, 2.75) is 25.7 Å². The number of aliphatic hydroxyl groups is 2. The van der Waals surface area contributed by atoms with Crippen LogP contribution < -0.4 is 5.32 Å². The number of nitrogens with one attached hydrogen (secondary N) is 1. The molecule has 0 heterocycles. The highest BCUT2D eigenvalue weighted by Crippen LogP contribution is 2.16. The Labute approximate surface area is 101 Å². The molecule has 0 bridgehead atoms. The van der Waals surface area contributed by atoms with Crippen LogP contribution in [0.4, 0.5) is 5.69 Å². The van der Waals surface area contributed by atoms with E-state index < -0.39 is 13.1 Å². The van der Waals surface area contributed by atoms with Gasteiger partial charge in [0.25, 0.3) is 0 Å². The monoisotopic (exact) mass is 226 g/mol. The van der Waals surface area contributed by atoms with E-state index in [-0.39, 0.29) is 13.0 Å². The predicted molar refractivity (Wildman–Crippen MR) is 66.7 cm³/mol. The first-order valence-corrected chi connectivity index (χ1v) is 5.52. The molecule has 0 radical (unpaired) electrons. The zero-order valence-electron chi connectivity index (χ0n) is 12.3. The Morgan fingerprint density at radius 3 is 2.69 bits per heavy atom. The number of anilines is 1. The van der Waals surface area contributed by atoms with E-state index in [4.69, 9.17) is 14.3 Å². The Hall–Kier alpha value is -1.06. The quantitative estimate of drug-likeness (QED) is 0.633. The molecule has 1 atom stereocenters. The molecule has 0 aromatic heterocycles. The van der Waals surface area contributed by atoms with Gasteiger partial charge < -0.3 is 15.5 Å². The first-order valence-electron chi connectivity index (χ1n) is 7.10. The number of para-hydroxylation sites is 1. The molecule has 0 fully saturated rings. The van der Waals surface area contributed by atoms with Gasteiger partial charge in [-0.25, -0.2) is 0 Å². The Balaban J connectivity index is 2.62. The Bertz CT molecular complexity index is 382. The summed E-state index contributed by atoms with van der Waals surface area (Å²) in [5, 5.41) is 20.9. The molecule has 1 aromatic carbocycles. The van der Waals surface area contributed by atoms with Gasteiger partial charge in [-0.15, -0.1) is 0 Å². The van der Waals surface area contributed by atoms with Crippen LogP contribution in [0.15, 0.2) is 24.3 Å². The molecule has 1 aromatic rings. The summed E-state index contributed by atoms with van der Waals surface area (Å²) in [6, 6.07) is 7.38. The molecular weight excluding hydrogens is 202 g/mol. The van der Waals surface area contributed by atoms with E-state index in [1.807, 2.05) is 24.3 Å². The smallest absolute Gasteiger partial charge is 0.0564 e. The molecule has 1 unspecified atom stereocenters. The van der Waals surface area contributed by atoms with Gasteiger partial charge in [0.1, 0.15) is 0 Å². The third-order valence-corrected chi connectivity index (χ3v) is 2.29. The van der Waals surface area contributed by atoms with Crippen LogP contribution in [-0.2, 0) is 6.42 Å². The molecular formula is C13H21NO2. The lowest BCUT2D eigenvalue weighted by Gasteiger charge is -2.11. The summed E-state index contributed by atoms with van der Waals surface area (Å²) in [5.74, 6) is 0. The highest BCUT2D eigenvalue weighted by Gasteiger charge is 2.00. The molecule has 0 aliphatic heterocycles. The van der Waals surface area contributed by atoms with Crippen molar-refractivity contribution in [1.29, 1.82) is 0 Å². The van der Waals surface area contributed by atoms with Crippen LogP contribution in [-0.4, -0.2) is 29.9 Å². The summed E-state index contributed by atoms with van der Waals surface area (Å²) in [6.45, 7) is -2.60. The summed E-state index contributed by atoms with van der Waals surface area (Å²) in [7, 11) is 0. The molecule has 0 aliphatic rings. The average molecular weight is 226 g/mol. The minimum atomic E-state index is -2.18. The minimum absolute atomic E-state index is 0.0188. The van der Waals surface area contributed by atoms with Gasteiger partial charge in [0, 0.05) is 26.7 Å². The zero-order chi connectivity index (χ0) is 14.3. The number of hydrogen-bond acceptors (Lipinski definition) is 3. The van der Waals surface area contributed by atoms with E-state index in [1.165, 1.54) is 0 Å². The van der Waals surface area contributed by atoms with E-state index in [0.29, 0.717) is 19.3 Å². The van der Waals surface area contributed by atoms with Crippen molar-refractivity contribution >= 4 is 5.69 Å². The topological polar surface area (TPSA) is 52.5 Å². The van der Waals surface area contributed by atoms with E-state index in [0.717, 1.165) is 11.3 Å². The molecule has 0 saturated carbocycles. The number of aliphatic hydroxyl groups excluding tert-OH is 1. The van der Waals surface area contributed by atoms with Gasteiger partial charge in [-0.3, -0.25) is 0 Å². The number of hydrogen-bond donors (Lipinski definition) is 3. The van der Waals surface area contributed by atoms with Crippen molar-refractivity contribution in [3.05, 3.63) is 29.8 Å². The summed E-state index contributed by atoms with van der Waals surface area (Å²) in [6.07, 6.45) is 1.54. The Morgan fingerprint density at radius 1 is 1.12 bits per heavy atom. The molecule has 0 saturated heterocycles. The van der Waals surface area contributed by atoms with Crippen LogP contribution >= 0.6 is 0 Å². The van der Waals surface area contributed by atoms with Crippen molar-refractivity contribution in [2.24, 2.45) is 0 Å². The van der Waals surface area contributed by atoms with Crippen LogP contribution in [0.3, 0.4) is 0 Å². The van der Waals surface area contributed by atoms with Crippen LogP contribution in [0.2, 0.25) is 0 Å². The van der Waals surface area contributed by atoms with E-state index in [9.17, 15) is 0 Å². The highest BCUT2D eigenvalue weighted by molar-refractivity contribution is 5.51. The van der Waals surface area contributed by atoms with Crippen LogP contribution in [0.5, 0.6) is 0 Å².